The Kier molecular flexibility index (Phi) is 8.69. The quantitative estimate of drug-likeness (QED) is 0.606. The number of nitrogens with zero attached hydrogens (tertiary/aromatic N) is 3. The number of pyridine rings is 1. The van der Waals surface area contributed by atoms with E-state index in [-0.39, 0.29) is 48.3 Å². The summed E-state index contributed by atoms with van der Waals surface area (Å²) in [7, 11) is 3.46. The molecule has 2 aliphatic rings. The van der Waals surface area contributed by atoms with Crippen LogP contribution in [0.1, 0.15) is 56.3 Å². The Balaban J connectivity index is 1.64. The van der Waals surface area contributed by atoms with Crippen LogP contribution >= 0.6 is 0 Å². The van der Waals surface area contributed by atoms with Gasteiger partial charge >= 0.3 is 0 Å². The normalized spacial score (nSPS) is 21.3. The van der Waals surface area contributed by atoms with Crippen LogP contribution in [0.4, 0.5) is 0 Å². The van der Waals surface area contributed by atoms with Gasteiger partial charge in [0.15, 0.2) is 0 Å². The summed E-state index contributed by atoms with van der Waals surface area (Å²) in [5.41, 5.74) is 2.03. The largest absolute Gasteiger partial charge is 0.497 e. The van der Waals surface area contributed by atoms with Crippen molar-refractivity contribution in [2.45, 2.75) is 58.1 Å². The number of hydrogen-bond acceptors (Lipinski definition) is 6. The summed E-state index contributed by atoms with van der Waals surface area (Å²) >= 11 is 0. The molecule has 2 heterocycles. The van der Waals surface area contributed by atoms with E-state index in [0.29, 0.717) is 18.7 Å². The molecule has 8 heteroatoms. The molecule has 3 atom stereocenters. The second-order valence-corrected chi connectivity index (χ2v) is 10.5. The lowest BCUT2D eigenvalue weighted by molar-refractivity contribution is -0.136. The molecule has 1 aliphatic heterocycles. The van der Waals surface area contributed by atoms with Gasteiger partial charge in [0.25, 0.3) is 5.91 Å². The molecular weight excluding hydrogens is 470 g/mol. The van der Waals surface area contributed by atoms with Gasteiger partial charge in [-0.3, -0.25) is 9.59 Å². The summed E-state index contributed by atoms with van der Waals surface area (Å²) in [5.74, 6) is 0.943. The summed E-state index contributed by atoms with van der Waals surface area (Å²) in [6.07, 6.45) is 6.64. The van der Waals surface area contributed by atoms with Crippen LogP contribution in [0.3, 0.4) is 0 Å². The van der Waals surface area contributed by atoms with Gasteiger partial charge < -0.3 is 24.4 Å². The maximum absolute atomic E-state index is 13.7. The number of aliphatic hydroxyl groups is 1. The fourth-order valence-corrected chi connectivity index (χ4v) is 5.28. The first-order valence-electron chi connectivity index (χ1n) is 13.3. The fourth-order valence-electron chi connectivity index (χ4n) is 5.28. The van der Waals surface area contributed by atoms with Crippen LogP contribution in [0.15, 0.2) is 36.5 Å². The van der Waals surface area contributed by atoms with Gasteiger partial charge in [0.05, 0.1) is 26.3 Å². The summed E-state index contributed by atoms with van der Waals surface area (Å²) in [6, 6.07) is 8.99. The monoisotopic (exact) mass is 509 g/mol. The smallest absolute Gasteiger partial charge is 0.259 e. The second kappa shape index (κ2) is 11.9. The number of rotatable bonds is 7. The van der Waals surface area contributed by atoms with E-state index in [0.717, 1.165) is 42.6 Å². The number of amides is 2. The van der Waals surface area contributed by atoms with Crippen molar-refractivity contribution < 1.29 is 24.2 Å². The van der Waals surface area contributed by atoms with Crippen molar-refractivity contribution in [3.05, 3.63) is 42.1 Å². The second-order valence-electron chi connectivity index (χ2n) is 10.5. The zero-order valence-electron chi connectivity index (χ0n) is 22.4. The molecule has 1 N–H and O–H groups in total. The molecule has 0 spiro atoms. The predicted molar refractivity (Wildman–Crippen MR) is 142 cm³/mol. The number of aliphatic hydroxyl groups excluding tert-OH is 1. The standard InChI is InChI=1S/C29H39N3O5/c1-19-16-32(20(2)18-33)29(35)25-14-23(21-10-12-24(36-4)13-11-21)15-30-27(25)37-26(19)17-31(3)28(34)22-8-6-5-7-9-22/h10-15,19-20,22,26,33H,5-9,16-18H2,1-4H3/t19-,20-,26+/m0/s1. The number of ether oxygens (including phenoxy) is 2. The molecule has 4 rings (SSSR count). The van der Waals surface area contributed by atoms with Crippen molar-refractivity contribution >= 4 is 11.8 Å². The fraction of sp³-hybridized carbons (Fsp3) is 0.552. The molecule has 0 unspecified atom stereocenters. The highest BCUT2D eigenvalue weighted by Crippen LogP contribution is 2.31. The molecule has 1 saturated carbocycles. The van der Waals surface area contributed by atoms with Crippen molar-refractivity contribution in [1.29, 1.82) is 0 Å². The third kappa shape index (κ3) is 6.06. The Bertz CT molecular complexity index is 1080. The van der Waals surface area contributed by atoms with E-state index in [1.54, 1.807) is 29.2 Å². The first kappa shape index (κ1) is 26.9. The Morgan fingerprint density at radius 3 is 2.57 bits per heavy atom. The molecule has 37 heavy (non-hydrogen) atoms. The summed E-state index contributed by atoms with van der Waals surface area (Å²) in [5, 5.41) is 9.91. The lowest BCUT2D eigenvalue weighted by Gasteiger charge is -2.38. The number of hydrogen-bond donors (Lipinski definition) is 1. The van der Waals surface area contributed by atoms with E-state index in [2.05, 4.69) is 4.98 Å². The van der Waals surface area contributed by atoms with Gasteiger partial charge in [0, 0.05) is 37.2 Å². The maximum Gasteiger partial charge on any atom is 0.259 e. The van der Waals surface area contributed by atoms with E-state index in [1.807, 2.05) is 45.2 Å². The predicted octanol–water partition coefficient (Wildman–Crippen LogP) is 4.02. The van der Waals surface area contributed by atoms with E-state index < -0.39 is 0 Å². The molecule has 0 radical (unpaired) electrons. The molecule has 200 valence electrons. The van der Waals surface area contributed by atoms with Gasteiger partial charge in [-0.2, -0.15) is 0 Å². The third-order valence-corrected chi connectivity index (χ3v) is 7.73. The number of likely N-dealkylation sites (N-methyl/N-ethyl adjacent to an activating group) is 1. The Morgan fingerprint density at radius 1 is 1.22 bits per heavy atom. The number of benzene rings is 1. The number of carbonyl (C=O) groups is 2. The first-order valence-corrected chi connectivity index (χ1v) is 13.3. The van der Waals surface area contributed by atoms with Gasteiger partial charge in [0.2, 0.25) is 11.8 Å². The molecule has 8 nitrogen and oxygen atoms in total. The van der Waals surface area contributed by atoms with Gasteiger partial charge in [0.1, 0.15) is 17.4 Å². The lowest BCUT2D eigenvalue weighted by atomic mass is 9.88. The third-order valence-electron chi connectivity index (χ3n) is 7.73. The Hall–Kier alpha value is -3.13. The summed E-state index contributed by atoms with van der Waals surface area (Å²) < 4.78 is 11.6. The average molecular weight is 510 g/mol. The highest BCUT2D eigenvalue weighted by atomic mass is 16.5. The average Bonchev–Trinajstić information content (AvgIpc) is 2.94. The lowest BCUT2D eigenvalue weighted by Crippen LogP contribution is -2.51. The first-order chi connectivity index (χ1) is 17.8. The van der Waals surface area contributed by atoms with E-state index in [4.69, 9.17) is 9.47 Å². The molecule has 2 aromatic rings. The molecule has 1 aromatic carbocycles. The summed E-state index contributed by atoms with van der Waals surface area (Å²) in [4.78, 5) is 34.9. The van der Waals surface area contributed by atoms with Gasteiger partial charge in [-0.05, 0) is 43.5 Å². The minimum atomic E-state index is -0.368. The zero-order valence-corrected chi connectivity index (χ0v) is 22.4. The number of methoxy groups -OCH3 is 1. The minimum absolute atomic E-state index is 0.0734. The van der Waals surface area contributed by atoms with Crippen LogP contribution in [0.2, 0.25) is 0 Å². The van der Waals surface area contributed by atoms with Crippen LogP contribution in [-0.2, 0) is 4.79 Å². The van der Waals surface area contributed by atoms with E-state index in [9.17, 15) is 14.7 Å². The highest BCUT2D eigenvalue weighted by Gasteiger charge is 2.35. The number of fused-ring (bicyclic) bond motifs is 1. The molecule has 2 amide bonds. The van der Waals surface area contributed by atoms with Crippen molar-refractivity contribution in [3.8, 4) is 22.8 Å². The molecule has 1 aromatic heterocycles. The molecular formula is C29H39N3O5. The van der Waals surface area contributed by atoms with Crippen molar-refractivity contribution in [2.75, 3.05) is 33.9 Å². The van der Waals surface area contributed by atoms with Crippen molar-refractivity contribution in [3.63, 3.8) is 0 Å². The van der Waals surface area contributed by atoms with Crippen LogP contribution in [0, 0.1) is 11.8 Å². The van der Waals surface area contributed by atoms with Crippen molar-refractivity contribution in [1.82, 2.24) is 14.8 Å². The van der Waals surface area contributed by atoms with Gasteiger partial charge in [-0.1, -0.05) is 38.3 Å². The highest BCUT2D eigenvalue weighted by molar-refractivity contribution is 5.98. The van der Waals surface area contributed by atoms with E-state index in [1.165, 1.54) is 6.42 Å². The van der Waals surface area contributed by atoms with Crippen LogP contribution in [0.5, 0.6) is 11.6 Å². The molecule has 0 saturated heterocycles. The topological polar surface area (TPSA) is 92.2 Å². The van der Waals surface area contributed by atoms with Crippen LogP contribution in [0.25, 0.3) is 11.1 Å². The van der Waals surface area contributed by atoms with Gasteiger partial charge in [-0.15, -0.1) is 0 Å². The van der Waals surface area contributed by atoms with Crippen molar-refractivity contribution in [2.24, 2.45) is 11.8 Å². The summed E-state index contributed by atoms with van der Waals surface area (Å²) in [6.45, 7) is 4.52. The molecule has 1 aliphatic carbocycles. The van der Waals surface area contributed by atoms with E-state index >= 15 is 0 Å². The molecule has 0 bridgehead atoms. The minimum Gasteiger partial charge on any atom is -0.497 e. The SMILES string of the molecule is COc1ccc(-c2cnc3c(c2)C(=O)N([C@@H](C)CO)C[C@H](C)[C@@H](CN(C)C(=O)C2CCCCC2)O3)cc1. The number of aromatic nitrogens is 1. The maximum atomic E-state index is 13.7. The molecule has 1 fully saturated rings. The Labute approximate surface area is 219 Å². The Morgan fingerprint density at radius 2 is 1.92 bits per heavy atom. The zero-order chi connectivity index (χ0) is 26.5. The van der Waals surface area contributed by atoms with Crippen LogP contribution in [-0.4, -0.2) is 77.7 Å². The van der Waals surface area contributed by atoms with Crippen LogP contribution < -0.4 is 9.47 Å². The van der Waals surface area contributed by atoms with Gasteiger partial charge in [-0.25, -0.2) is 4.98 Å². The number of carbonyl (C=O) groups excluding carboxylic acids is 2.